The molecule has 1 fully saturated rings. The molecular weight excluding hydrogens is 323 g/mol. The largest absolute Gasteiger partial charge is 0.392 e. The van der Waals surface area contributed by atoms with Gasteiger partial charge in [0.25, 0.3) is 0 Å². The van der Waals surface area contributed by atoms with E-state index in [0.717, 1.165) is 0 Å². The highest BCUT2D eigenvalue weighted by atomic mass is 32.2. The molecule has 2 atom stereocenters. The SMILES string of the molecule is Cc1noc(C)c1S(=O)(=O)N1C[C@H](O)C[C@@H]1c1ccc(F)cc1. The summed E-state index contributed by atoms with van der Waals surface area (Å²) in [4.78, 5) is 0.0266. The second-order valence-electron chi connectivity index (χ2n) is 5.68. The first-order valence-electron chi connectivity index (χ1n) is 7.19. The van der Waals surface area contributed by atoms with E-state index in [4.69, 9.17) is 4.52 Å². The third kappa shape index (κ3) is 2.77. The molecule has 0 unspecified atom stereocenters. The number of hydrogen-bond acceptors (Lipinski definition) is 5. The quantitative estimate of drug-likeness (QED) is 0.923. The molecule has 2 aromatic rings. The van der Waals surface area contributed by atoms with Gasteiger partial charge in [-0.25, -0.2) is 12.8 Å². The lowest BCUT2D eigenvalue weighted by Gasteiger charge is -2.23. The van der Waals surface area contributed by atoms with Crippen LogP contribution < -0.4 is 0 Å². The zero-order valence-electron chi connectivity index (χ0n) is 12.7. The molecule has 1 aliphatic rings. The first-order valence-corrected chi connectivity index (χ1v) is 8.63. The van der Waals surface area contributed by atoms with Crippen LogP contribution in [-0.4, -0.2) is 35.6 Å². The van der Waals surface area contributed by atoms with Crippen molar-refractivity contribution in [1.82, 2.24) is 9.46 Å². The van der Waals surface area contributed by atoms with Gasteiger partial charge in [-0.3, -0.25) is 0 Å². The highest BCUT2D eigenvalue weighted by molar-refractivity contribution is 7.89. The summed E-state index contributed by atoms with van der Waals surface area (Å²) in [6, 6.07) is 5.08. The summed E-state index contributed by atoms with van der Waals surface area (Å²) in [6.07, 6.45) is -0.519. The zero-order chi connectivity index (χ0) is 16.8. The van der Waals surface area contributed by atoms with Crippen molar-refractivity contribution in [3.63, 3.8) is 0 Å². The van der Waals surface area contributed by atoms with Crippen LogP contribution in [0.2, 0.25) is 0 Å². The number of aliphatic hydroxyl groups excluding tert-OH is 1. The number of benzene rings is 1. The zero-order valence-corrected chi connectivity index (χ0v) is 13.5. The van der Waals surface area contributed by atoms with Gasteiger partial charge in [0.05, 0.1) is 12.1 Å². The number of nitrogens with zero attached hydrogens (tertiary/aromatic N) is 2. The van der Waals surface area contributed by atoms with E-state index in [1.165, 1.54) is 35.5 Å². The fraction of sp³-hybridized carbons (Fsp3) is 0.400. The summed E-state index contributed by atoms with van der Waals surface area (Å²) in [5.74, 6) is -0.186. The van der Waals surface area contributed by atoms with Crippen LogP contribution in [0.3, 0.4) is 0 Å². The number of rotatable bonds is 3. The summed E-state index contributed by atoms with van der Waals surface area (Å²) in [6.45, 7) is 3.07. The second-order valence-corrected chi connectivity index (χ2v) is 7.51. The van der Waals surface area contributed by atoms with Crippen molar-refractivity contribution in [2.24, 2.45) is 0 Å². The molecule has 0 bridgehead atoms. The lowest BCUT2D eigenvalue weighted by molar-refractivity contribution is 0.188. The number of halogens is 1. The molecule has 0 spiro atoms. The Morgan fingerprint density at radius 1 is 1.30 bits per heavy atom. The van der Waals surface area contributed by atoms with E-state index >= 15 is 0 Å². The van der Waals surface area contributed by atoms with E-state index in [-0.39, 0.29) is 29.3 Å². The van der Waals surface area contributed by atoms with Crippen molar-refractivity contribution >= 4 is 10.0 Å². The predicted octanol–water partition coefficient (Wildman–Crippen LogP) is 1.93. The highest BCUT2D eigenvalue weighted by Gasteiger charge is 2.42. The molecule has 8 heteroatoms. The van der Waals surface area contributed by atoms with Gasteiger partial charge < -0.3 is 9.63 Å². The number of aryl methyl sites for hydroxylation is 2. The van der Waals surface area contributed by atoms with Crippen LogP contribution >= 0.6 is 0 Å². The number of aromatic nitrogens is 1. The van der Waals surface area contributed by atoms with Crippen LogP contribution in [0.25, 0.3) is 0 Å². The van der Waals surface area contributed by atoms with Crippen molar-refractivity contribution in [3.05, 3.63) is 47.1 Å². The van der Waals surface area contributed by atoms with Crippen molar-refractivity contribution < 1.29 is 22.4 Å². The molecule has 2 heterocycles. The van der Waals surface area contributed by atoms with E-state index in [0.29, 0.717) is 5.56 Å². The van der Waals surface area contributed by atoms with E-state index in [2.05, 4.69) is 5.16 Å². The molecule has 1 aromatic carbocycles. The molecule has 1 saturated heterocycles. The molecule has 0 amide bonds. The van der Waals surface area contributed by atoms with Crippen LogP contribution in [0, 0.1) is 19.7 Å². The standard InChI is InChI=1S/C15H17FN2O4S/c1-9-15(10(2)22-17-9)23(20,21)18-8-13(19)7-14(18)11-3-5-12(16)6-4-11/h3-6,13-14,19H,7-8H2,1-2H3/t13-,14-/m1/s1. The van der Waals surface area contributed by atoms with E-state index < -0.39 is 28.0 Å². The van der Waals surface area contributed by atoms with Gasteiger partial charge in [0.1, 0.15) is 16.4 Å². The Kier molecular flexibility index (Phi) is 3.99. The number of β-amino-alcohol motifs (C(OH)–C–C–N with tert-alkyl or cyclic N) is 1. The molecule has 6 nitrogen and oxygen atoms in total. The van der Waals surface area contributed by atoms with Crippen molar-refractivity contribution in [3.8, 4) is 0 Å². The van der Waals surface area contributed by atoms with Crippen LogP contribution in [0.4, 0.5) is 4.39 Å². The van der Waals surface area contributed by atoms with Gasteiger partial charge >= 0.3 is 0 Å². The minimum Gasteiger partial charge on any atom is -0.392 e. The maximum absolute atomic E-state index is 13.1. The summed E-state index contributed by atoms with van der Waals surface area (Å²) in [7, 11) is -3.87. The van der Waals surface area contributed by atoms with Crippen LogP contribution in [0.15, 0.2) is 33.7 Å². The maximum Gasteiger partial charge on any atom is 0.249 e. The average molecular weight is 340 g/mol. The summed E-state index contributed by atoms with van der Waals surface area (Å²) in [5, 5.41) is 13.7. The molecule has 1 aromatic heterocycles. The molecule has 1 N–H and O–H groups in total. The third-order valence-electron chi connectivity index (χ3n) is 4.02. The van der Waals surface area contributed by atoms with Gasteiger partial charge in [0.15, 0.2) is 5.76 Å². The van der Waals surface area contributed by atoms with Crippen LogP contribution in [0.1, 0.15) is 29.5 Å². The van der Waals surface area contributed by atoms with Crippen molar-refractivity contribution in [1.29, 1.82) is 0 Å². The second kappa shape index (κ2) is 5.70. The molecule has 1 aliphatic heterocycles. The smallest absolute Gasteiger partial charge is 0.249 e. The third-order valence-corrected chi connectivity index (χ3v) is 6.14. The van der Waals surface area contributed by atoms with Crippen LogP contribution in [-0.2, 0) is 10.0 Å². The molecular formula is C15H17FN2O4S. The van der Waals surface area contributed by atoms with Gasteiger partial charge in [-0.05, 0) is 38.0 Å². The van der Waals surface area contributed by atoms with Gasteiger partial charge in [-0.2, -0.15) is 4.31 Å². The lowest BCUT2D eigenvalue weighted by Crippen LogP contribution is -2.32. The first kappa shape index (κ1) is 16.1. The minimum absolute atomic E-state index is 0.0194. The Morgan fingerprint density at radius 2 is 1.96 bits per heavy atom. The van der Waals surface area contributed by atoms with Crippen molar-refractivity contribution in [2.75, 3.05) is 6.54 Å². The van der Waals surface area contributed by atoms with E-state index in [9.17, 15) is 17.9 Å². The van der Waals surface area contributed by atoms with E-state index in [1.807, 2.05) is 0 Å². The first-order chi connectivity index (χ1) is 10.8. The Hall–Kier alpha value is -1.77. The summed E-state index contributed by atoms with van der Waals surface area (Å²) in [5.41, 5.74) is 0.917. The van der Waals surface area contributed by atoms with E-state index in [1.54, 1.807) is 6.92 Å². The van der Waals surface area contributed by atoms with Crippen LogP contribution in [0.5, 0.6) is 0 Å². The molecule has 23 heavy (non-hydrogen) atoms. The average Bonchev–Trinajstić information content (AvgIpc) is 3.03. The number of aliphatic hydroxyl groups is 1. The molecule has 0 saturated carbocycles. The van der Waals surface area contributed by atoms with Gasteiger partial charge in [0.2, 0.25) is 10.0 Å². The van der Waals surface area contributed by atoms with Gasteiger partial charge in [0, 0.05) is 6.54 Å². The Labute approximate surface area is 133 Å². The predicted molar refractivity (Wildman–Crippen MR) is 79.6 cm³/mol. The monoisotopic (exact) mass is 340 g/mol. The Balaban J connectivity index is 2.04. The molecule has 0 aliphatic carbocycles. The Bertz CT molecular complexity index is 797. The lowest BCUT2D eigenvalue weighted by atomic mass is 10.0. The van der Waals surface area contributed by atoms with Crippen molar-refractivity contribution in [2.45, 2.75) is 37.3 Å². The normalized spacial score (nSPS) is 22.6. The topological polar surface area (TPSA) is 83.6 Å². The molecule has 3 rings (SSSR count). The fourth-order valence-electron chi connectivity index (χ4n) is 3.00. The summed E-state index contributed by atoms with van der Waals surface area (Å²) < 4.78 is 45.2. The van der Waals surface area contributed by atoms with Gasteiger partial charge in [-0.1, -0.05) is 17.3 Å². The highest BCUT2D eigenvalue weighted by Crippen LogP contribution is 2.38. The molecule has 124 valence electrons. The molecule has 0 radical (unpaired) electrons. The minimum atomic E-state index is -3.87. The fourth-order valence-corrected chi connectivity index (χ4v) is 4.95. The Morgan fingerprint density at radius 3 is 2.52 bits per heavy atom. The maximum atomic E-state index is 13.1. The summed E-state index contributed by atoms with van der Waals surface area (Å²) >= 11 is 0. The number of hydrogen-bond donors (Lipinski definition) is 1. The van der Waals surface area contributed by atoms with Gasteiger partial charge in [-0.15, -0.1) is 0 Å². The number of sulfonamides is 1.